The van der Waals surface area contributed by atoms with Crippen molar-refractivity contribution in [3.8, 4) is 11.8 Å². The molecule has 3 aromatic rings. The summed E-state index contributed by atoms with van der Waals surface area (Å²) in [5.41, 5.74) is 2.82. The van der Waals surface area contributed by atoms with Crippen LogP contribution in [0.3, 0.4) is 0 Å². The summed E-state index contributed by atoms with van der Waals surface area (Å²) in [6.45, 7) is 5.99. The van der Waals surface area contributed by atoms with E-state index in [-0.39, 0.29) is 24.3 Å². The molecular weight excluding hydrogens is 444 g/mol. The third-order valence-corrected chi connectivity index (χ3v) is 6.43. The molecular formula is C27H26N4O4. The third kappa shape index (κ3) is 4.87. The minimum Gasteiger partial charge on any atom is -0.379 e. The number of amides is 2. The zero-order chi connectivity index (χ0) is 24.4. The predicted octanol–water partition coefficient (Wildman–Crippen LogP) is 1.91. The summed E-state index contributed by atoms with van der Waals surface area (Å²) in [6.07, 6.45) is 0.451. The Labute approximate surface area is 202 Å². The molecule has 1 N–H and O–H groups in total. The second-order valence-corrected chi connectivity index (χ2v) is 8.84. The number of ether oxygens (including phenoxy) is 1. The summed E-state index contributed by atoms with van der Waals surface area (Å²) >= 11 is 0. The van der Waals surface area contributed by atoms with Crippen LogP contribution in [0.5, 0.6) is 0 Å². The quantitative estimate of drug-likeness (QED) is 0.464. The zero-order valence-electron chi connectivity index (χ0n) is 19.5. The Morgan fingerprint density at radius 3 is 2.57 bits per heavy atom. The summed E-state index contributed by atoms with van der Waals surface area (Å²) in [6, 6.07) is 12.7. The van der Waals surface area contributed by atoms with Gasteiger partial charge in [0.2, 0.25) is 11.8 Å². The number of aromatic nitrogens is 2. The SMILES string of the molecule is Cc1nc2cccc(C#Cc3ccc(CN4CCOCC4)cc3)c2c(=O)n1C1CCC(=O)NC1=O. The van der Waals surface area contributed by atoms with E-state index < -0.39 is 11.9 Å². The molecule has 2 aliphatic heterocycles. The van der Waals surface area contributed by atoms with Crippen LogP contribution in [-0.2, 0) is 20.9 Å². The Bertz CT molecular complexity index is 1410. The van der Waals surface area contributed by atoms with Crippen LogP contribution in [0, 0.1) is 18.8 Å². The molecule has 2 aliphatic rings. The Hall–Kier alpha value is -3.80. The van der Waals surface area contributed by atoms with Crippen molar-refractivity contribution < 1.29 is 14.3 Å². The molecule has 1 aromatic heterocycles. The van der Waals surface area contributed by atoms with Gasteiger partial charge in [-0.15, -0.1) is 0 Å². The minimum atomic E-state index is -0.767. The number of morpholine rings is 1. The van der Waals surface area contributed by atoms with E-state index in [0.29, 0.717) is 22.3 Å². The first kappa shape index (κ1) is 23.0. The Kier molecular flexibility index (Phi) is 6.45. The van der Waals surface area contributed by atoms with Gasteiger partial charge in [-0.05, 0) is 43.2 Å². The molecule has 2 amide bonds. The van der Waals surface area contributed by atoms with Gasteiger partial charge in [0.05, 0.1) is 24.1 Å². The fraction of sp³-hybridized carbons (Fsp3) is 0.333. The van der Waals surface area contributed by atoms with Gasteiger partial charge < -0.3 is 4.74 Å². The van der Waals surface area contributed by atoms with Crippen LogP contribution in [0.15, 0.2) is 47.3 Å². The third-order valence-electron chi connectivity index (χ3n) is 6.43. The molecule has 2 aromatic carbocycles. The van der Waals surface area contributed by atoms with E-state index in [2.05, 4.69) is 39.2 Å². The van der Waals surface area contributed by atoms with Gasteiger partial charge in [0.25, 0.3) is 5.56 Å². The van der Waals surface area contributed by atoms with Crippen LogP contribution in [0.2, 0.25) is 0 Å². The van der Waals surface area contributed by atoms with E-state index in [0.717, 1.165) is 38.4 Å². The molecule has 0 aliphatic carbocycles. The Morgan fingerprint density at radius 2 is 1.83 bits per heavy atom. The lowest BCUT2D eigenvalue weighted by Gasteiger charge is -2.26. The number of carbonyl (C=O) groups is 2. The number of benzene rings is 2. The van der Waals surface area contributed by atoms with Crippen molar-refractivity contribution in [2.45, 2.75) is 32.4 Å². The molecule has 0 spiro atoms. The molecule has 8 nitrogen and oxygen atoms in total. The fourth-order valence-corrected chi connectivity index (χ4v) is 4.60. The van der Waals surface area contributed by atoms with Crippen molar-refractivity contribution in [2.24, 2.45) is 0 Å². The summed E-state index contributed by atoms with van der Waals surface area (Å²) in [5.74, 6) is 5.91. The lowest BCUT2D eigenvalue weighted by molar-refractivity contribution is -0.135. The molecule has 0 radical (unpaired) electrons. The second-order valence-electron chi connectivity index (χ2n) is 8.84. The molecule has 2 saturated heterocycles. The van der Waals surface area contributed by atoms with Crippen LogP contribution < -0.4 is 10.9 Å². The normalized spacial score (nSPS) is 18.7. The van der Waals surface area contributed by atoms with Crippen LogP contribution in [0.25, 0.3) is 10.9 Å². The summed E-state index contributed by atoms with van der Waals surface area (Å²) in [5, 5.41) is 2.69. The highest BCUT2D eigenvalue weighted by Crippen LogP contribution is 2.21. The van der Waals surface area contributed by atoms with E-state index in [9.17, 15) is 14.4 Å². The number of nitrogens with zero attached hydrogens (tertiary/aromatic N) is 3. The first-order valence-electron chi connectivity index (χ1n) is 11.8. The topological polar surface area (TPSA) is 93.5 Å². The van der Waals surface area contributed by atoms with Crippen molar-refractivity contribution in [1.29, 1.82) is 0 Å². The number of hydrogen-bond acceptors (Lipinski definition) is 6. The van der Waals surface area contributed by atoms with Gasteiger partial charge in [-0.2, -0.15) is 0 Å². The van der Waals surface area contributed by atoms with Gasteiger partial charge in [-0.25, -0.2) is 4.98 Å². The maximum Gasteiger partial charge on any atom is 0.263 e. The van der Waals surface area contributed by atoms with Crippen molar-refractivity contribution >= 4 is 22.7 Å². The second kappa shape index (κ2) is 9.82. The van der Waals surface area contributed by atoms with Gasteiger partial charge in [-0.1, -0.05) is 30.0 Å². The van der Waals surface area contributed by atoms with Crippen molar-refractivity contribution in [2.75, 3.05) is 26.3 Å². The number of carbonyl (C=O) groups excluding carboxylic acids is 2. The molecule has 2 fully saturated rings. The van der Waals surface area contributed by atoms with Gasteiger partial charge in [-0.3, -0.25) is 29.2 Å². The average Bonchev–Trinajstić information content (AvgIpc) is 2.85. The van der Waals surface area contributed by atoms with Gasteiger partial charge in [0.15, 0.2) is 0 Å². The van der Waals surface area contributed by atoms with E-state index in [1.54, 1.807) is 19.1 Å². The molecule has 35 heavy (non-hydrogen) atoms. The van der Waals surface area contributed by atoms with Crippen molar-refractivity contribution in [3.63, 3.8) is 0 Å². The van der Waals surface area contributed by atoms with E-state index in [1.165, 1.54) is 10.1 Å². The van der Waals surface area contributed by atoms with Gasteiger partial charge in [0, 0.05) is 37.2 Å². The standard InChI is InChI=1S/C27H26N4O4/c1-18-28-22-4-2-3-21(25(22)27(34)31(18)23-11-12-24(32)29-26(23)33)10-9-19-5-7-20(8-6-19)17-30-13-15-35-16-14-30/h2-8,23H,11-17H2,1H3,(H,29,32,33). The van der Waals surface area contributed by atoms with Crippen LogP contribution in [0.1, 0.15) is 41.4 Å². The first-order valence-corrected chi connectivity index (χ1v) is 11.8. The Morgan fingerprint density at radius 1 is 1.06 bits per heavy atom. The number of nitrogens with one attached hydrogen (secondary N) is 1. The molecule has 0 bridgehead atoms. The molecule has 1 atom stereocenters. The number of aryl methyl sites for hydroxylation is 1. The van der Waals surface area contributed by atoms with Gasteiger partial charge >= 0.3 is 0 Å². The number of hydrogen-bond donors (Lipinski definition) is 1. The monoisotopic (exact) mass is 470 g/mol. The smallest absolute Gasteiger partial charge is 0.263 e. The van der Waals surface area contributed by atoms with E-state index >= 15 is 0 Å². The Balaban J connectivity index is 1.45. The number of imide groups is 1. The highest BCUT2D eigenvalue weighted by atomic mass is 16.5. The summed E-state index contributed by atoms with van der Waals surface area (Å²) in [7, 11) is 0. The van der Waals surface area contributed by atoms with Gasteiger partial charge in [0.1, 0.15) is 11.9 Å². The van der Waals surface area contributed by atoms with Crippen LogP contribution in [-0.4, -0.2) is 52.6 Å². The summed E-state index contributed by atoms with van der Waals surface area (Å²) in [4.78, 5) is 44.5. The highest BCUT2D eigenvalue weighted by molar-refractivity contribution is 5.99. The average molecular weight is 471 g/mol. The molecule has 178 valence electrons. The number of fused-ring (bicyclic) bond motifs is 1. The fourth-order valence-electron chi connectivity index (χ4n) is 4.60. The van der Waals surface area contributed by atoms with Crippen LogP contribution >= 0.6 is 0 Å². The largest absolute Gasteiger partial charge is 0.379 e. The highest BCUT2D eigenvalue weighted by Gasteiger charge is 2.30. The maximum absolute atomic E-state index is 13.5. The lowest BCUT2D eigenvalue weighted by Crippen LogP contribution is -2.45. The van der Waals surface area contributed by atoms with Crippen LogP contribution in [0.4, 0.5) is 0 Å². The lowest BCUT2D eigenvalue weighted by atomic mass is 10.0. The van der Waals surface area contributed by atoms with E-state index in [4.69, 9.17) is 4.74 Å². The molecule has 5 rings (SSSR count). The zero-order valence-corrected chi connectivity index (χ0v) is 19.5. The predicted molar refractivity (Wildman–Crippen MR) is 131 cm³/mol. The molecule has 1 unspecified atom stereocenters. The molecule has 0 saturated carbocycles. The molecule has 3 heterocycles. The summed E-state index contributed by atoms with van der Waals surface area (Å²) < 4.78 is 6.79. The molecule has 8 heteroatoms. The van der Waals surface area contributed by atoms with Crippen molar-refractivity contribution in [3.05, 3.63) is 75.3 Å². The van der Waals surface area contributed by atoms with Crippen molar-refractivity contribution in [1.82, 2.24) is 19.8 Å². The maximum atomic E-state index is 13.5. The first-order chi connectivity index (χ1) is 17.0. The number of rotatable bonds is 3. The van der Waals surface area contributed by atoms with E-state index in [1.807, 2.05) is 18.2 Å². The minimum absolute atomic E-state index is 0.184. The number of piperidine rings is 1.